The summed E-state index contributed by atoms with van der Waals surface area (Å²) in [6.45, 7) is 4.07. The lowest BCUT2D eigenvalue weighted by atomic mass is 10.1. The molecule has 1 aromatic carbocycles. The highest BCUT2D eigenvalue weighted by atomic mass is 16.5. The number of aryl methyl sites for hydroxylation is 2. The van der Waals surface area contributed by atoms with Gasteiger partial charge in [0.05, 0.1) is 18.2 Å². The summed E-state index contributed by atoms with van der Waals surface area (Å²) in [5, 5.41) is 8.82. The van der Waals surface area contributed by atoms with Crippen molar-refractivity contribution in [3.8, 4) is 5.75 Å². The Balaban J connectivity index is 1.92. The Morgan fingerprint density at radius 1 is 1.18 bits per heavy atom. The van der Waals surface area contributed by atoms with Gasteiger partial charge in [-0.2, -0.15) is 5.10 Å². The van der Waals surface area contributed by atoms with Crippen LogP contribution in [0.5, 0.6) is 5.75 Å². The molecule has 2 heterocycles. The molecule has 6 nitrogen and oxygen atoms in total. The topological polar surface area (TPSA) is 64.9 Å². The molecule has 3 aromatic rings. The Morgan fingerprint density at radius 3 is 2.59 bits per heavy atom. The number of anilines is 1. The molecule has 114 valence electrons. The molecular formula is C16H19N5O. The van der Waals surface area contributed by atoms with Crippen LogP contribution in [-0.2, 0) is 7.05 Å². The smallest absolute Gasteiger partial charge is 0.163 e. The van der Waals surface area contributed by atoms with E-state index in [1.54, 1.807) is 18.1 Å². The van der Waals surface area contributed by atoms with Crippen molar-refractivity contribution in [2.45, 2.75) is 19.9 Å². The lowest BCUT2D eigenvalue weighted by Crippen LogP contribution is -2.08. The minimum absolute atomic E-state index is 0.114. The van der Waals surface area contributed by atoms with Crippen LogP contribution >= 0.6 is 0 Å². The van der Waals surface area contributed by atoms with Crippen LogP contribution < -0.4 is 10.1 Å². The van der Waals surface area contributed by atoms with E-state index in [0.717, 1.165) is 33.9 Å². The van der Waals surface area contributed by atoms with E-state index >= 15 is 0 Å². The van der Waals surface area contributed by atoms with E-state index in [-0.39, 0.29) is 6.04 Å². The van der Waals surface area contributed by atoms with E-state index in [2.05, 4.69) is 27.3 Å². The van der Waals surface area contributed by atoms with Crippen LogP contribution in [0.1, 0.15) is 24.2 Å². The Labute approximate surface area is 129 Å². The van der Waals surface area contributed by atoms with Gasteiger partial charge < -0.3 is 10.1 Å². The molecule has 1 atom stereocenters. The fourth-order valence-corrected chi connectivity index (χ4v) is 2.57. The number of hydrogen-bond donors (Lipinski definition) is 1. The Morgan fingerprint density at radius 2 is 1.91 bits per heavy atom. The Kier molecular flexibility index (Phi) is 3.66. The van der Waals surface area contributed by atoms with Gasteiger partial charge in [0.15, 0.2) is 5.65 Å². The van der Waals surface area contributed by atoms with Crippen molar-refractivity contribution in [2.24, 2.45) is 7.05 Å². The van der Waals surface area contributed by atoms with Crippen molar-refractivity contribution in [1.82, 2.24) is 19.7 Å². The van der Waals surface area contributed by atoms with Gasteiger partial charge in [0, 0.05) is 13.1 Å². The van der Waals surface area contributed by atoms with Crippen molar-refractivity contribution in [3.63, 3.8) is 0 Å². The second-order valence-corrected chi connectivity index (χ2v) is 5.27. The first-order chi connectivity index (χ1) is 10.6. The maximum absolute atomic E-state index is 5.19. The van der Waals surface area contributed by atoms with Crippen molar-refractivity contribution in [2.75, 3.05) is 12.4 Å². The molecule has 0 saturated heterocycles. The van der Waals surface area contributed by atoms with Crippen molar-refractivity contribution < 1.29 is 4.74 Å². The normalized spacial score (nSPS) is 12.4. The molecule has 2 aromatic heterocycles. The van der Waals surface area contributed by atoms with Crippen LogP contribution in [0.25, 0.3) is 11.0 Å². The van der Waals surface area contributed by atoms with Gasteiger partial charge >= 0.3 is 0 Å². The van der Waals surface area contributed by atoms with E-state index in [1.807, 2.05) is 38.2 Å². The molecule has 0 fully saturated rings. The number of nitrogens with one attached hydrogen (secondary N) is 1. The standard InChI is InChI=1S/C16H19N5O/c1-10(12-5-7-13(22-4)8-6-12)19-15-14-11(2)20-21(3)16(14)18-9-17-15/h5-10H,1-4H3,(H,17,18,19). The molecule has 0 aliphatic heterocycles. The van der Waals surface area contributed by atoms with E-state index in [9.17, 15) is 0 Å². The zero-order chi connectivity index (χ0) is 15.7. The van der Waals surface area contributed by atoms with Crippen LogP contribution in [0.15, 0.2) is 30.6 Å². The first kappa shape index (κ1) is 14.3. The maximum atomic E-state index is 5.19. The molecule has 0 spiro atoms. The SMILES string of the molecule is COc1ccc(C(C)Nc2ncnc3c2c(C)nn3C)cc1. The van der Waals surface area contributed by atoms with Gasteiger partial charge in [0.2, 0.25) is 0 Å². The summed E-state index contributed by atoms with van der Waals surface area (Å²) in [4.78, 5) is 8.68. The first-order valence-corrected chi connectivity index (χ1v) is 7.15. The van der Waals surface area contributed by atoms with Crippen LogP contribution in [-0.4, -0.2) is 26.9 Å². The summed E-state index contributed by atoms with van der Waals surface area (Å²) in [6.07, 6.45) is 1.56. The molecule has 0 radical (unpaired) electrons. The van der Waals surface area contributed by atoms with Crippen LogP contribution in [0.4, 0.5) is 5.82 Å². The molecule has 1 unspecified atom stereocenters. The van der Waals surface area contributed by atoms with Gasteiger partial charge in [-0.1, -0.05) is 12.1 Å². The minimum Gasteiger partial charge on any atom is -0.497 e. The average molecular weight is 297 g/mol. The van der Waals surface area contributed by atoms with Gasteiger partial charge in [0.25, 0.3) is 0 Å². The Bertz CT molecular complexity index is 794. The summed E-state index contributed by atoms with van der Waals surface area (Å²) in [5.74, 6) is 1.65. The molecule has 0 aliphatic carbocycles. The van der Waals surface area contributed by atoms with Gasteiger partial charge in [-0.15, -0.1) is 0 Å². The monoisotopic (exact) mass is 297 g/mol. The third-order valence-electron chi connectivity index (χ3n) is 3.76. The maximum Gasteiger partial charge on any atom is 0.163 e. The molecular weight excluding hydrogens is 278 g/mol. The second kappa shape index (κ2) is 5.63. The molecule has 0 amide bonds. The van der Waals surface area contributed by atoms with Gasteiger partial charge in [-0.25, -0.2) is 9.97 Å². The molecule has 1 N–H and O–H groups in total. The van der Waals surface area contributed by atoms with Crippen molar-refractivity contribution >= 4 is 16.9 Å². The van der Waals surface area contributed by atoms with E-state index < -0.39 is 0 Å². The number of methoxy groups -OCH3 is 1. The third-order valence-corrected chi connectivity index (χ3v) is 3.76. The summed E-state index contributed by atoms with van der Waals surface area (Å²) in [6, 6.07) is 8.12. The van der Waals surface area contributed by atoms with Crippen LogP contribution in [0.3, 0.4) is 0 Å². The molecule has 0 bridgehead atoms. The summed E-state index contributed by atoms with van der Waals surface area (Å²) < 4.78 is 6.96. The number of benzene rings is 1. The lowest BCUT2D eigenvalue weighted by molar-refractivity contribution is 0.414. The zero-order valence-electron chi connectivity index (χ0n) is 13.2. The predicted octanol–water partition coefficient (Wildman–Crippen LogP) is 2.85. The number of aromatic nitrogens is 4. The average Bonchev–Trinajstić information content (AvgIpc) is 2.83. The minimum atomic E-state index is 0.114. The first-order valence-electron chi connectivity index (χ1n) is 7.15. The highest BCUT2D eigenvalue weighted by Gasteiger charge is 2.14. The number of ether oxygens (including phenoxy) is 1. The van der Waals surface area contributed by atoms with Gasteiger partial charge in [0.1, 0.15) is 17.9 Å². The summed E-state index contributed by atoms with van der Waals surface area (Å²) >= 11 is 0. The quantitative estimate of drug-likeness (QED) is 0.802. The van der Waals surface area contributed by atoms with Crippen LogP contribution in [0, 0.1) is 6.92 Å². The van der Waals surface area contributed by atoms with E-state index in [0.29, 0.717) is 0 Å². The van der Waals surface area contributed by atoms with E-state index in [1.165, 1.54) is 0 Å². The molecule has 0 saturated carbocycles. The van der Waals surface area contributed by atoms with Gasteiger partial charge in [-0.3, -0.25) is 4.68 Å². The third kappa shape index (κ3) is 2.47. The Hall–Kier alpha value is -2.63. The molecule has 6 heteroatoms. The molecule has 3 rings (SSSR count). The number of hydrogen-bond acceptors (Lipinski definition) is 5. The molecule has 22 heavy (non-hydrogen) atoms. The number of fused-ring (bicyclic) bond motifs is 1. The highest BCUT2D eigenvalue weighted by molar-refractivity contribution is 5.89. The second-order valence-electron chi connectivity index (χ2n) is 5.27. The number of nitrogens with zero attached hydrogens (tertiary/aromatic N) is 4. The fourth-order valence-electron chi connectivity index (χ4n) is 2.57. The largest absolute Gasteiger partial charge is 0.497 e. The fraction of sp³-hybridized carbons (Fsp3) is 0.312. The highest BCUT2D eigenvalue weighted by Crippen LogP contribution is 2.26. The summed E-state index contributed by atoms with van der Waals surface area (Å²) in [5.41, 5.74) is 2.91. The van der Waals surface area contributed by atoms with Gasteiger partial charge in [-0.05, 0) is 31.5 Å². The van der Waals surface area contributed by atoms with Crippen LogP contribution in [0.2, 0.25) is 0 Å². The number of rotatable bonds is 4. The van der Waals surface area contributed by atoms with Crippen molar-refractivity contribution in [3.05, 3.63) is 41.9 Å². The molecule has 0 aliphatic rings. The van der Waals surface area contributed by atoms with E-state index in [4.69, 9.17) is 4.74 Å². The lowest BCUT2D eigenvalue weighted by Gasteiger charge is -2.16. The predicted molar refractivity (Wildman–Crippen MR) is 86.1 cm³/mol. The van der Waals surface area contributed by atoms with Crippen molar-refractivity contribution in [1.29, 1.82) is 0 Å². The summed E-state index contributed by atoms with van der Waals surface area (Å²) in [7, 11) is 3.55. The zero-order valence-corrected chi connectivity index (χ0v) is 13.2.